The van der Waals surface area contributed by atoms with E-state index in [4.69, 9.17) is 4.74 Å². The largest absolute Gasteiger partial charge is 0.376 e. The van der Waals surface area contributed by atoms with Crippen molar-refractivity contribution in [3.05, 3.63) is 35.4 Å². The van der Waals surface area contributed by atoms with E-state index in [0.29, 0.717) is 31.2 Å². The van der Waals surface area contributed by atoms with E-state index in [1.54, 1.807) is 0 Å². The maximum Gasteiger partial charge on any atom is 0.229 e. The van der Waals surface area contributed by atoms with Gasteiger partial charge in [0, 0.05) is 26.0 Å². The van der Waals surface area contributed by atoms with E-state index < -0.39 is 0 Å². The molecule has 26 heavy (non-hydrogen) atoms. The van der Waals surface area contributed by atoms with Gasteiger partial charge in [-0.05, 0) is 63.9 Å². The highest BCUT2D eigenvalue weighted by Crippen LogP contribution is 2.36. The fourth-order valence-electron chi connectivity index (χ4n) is 4.38. The summed E-state index contributed by atoms with van der Waals surface area (Å²) in [6.07, 6.45) is 4.73. The topological polar surface area (TPSA) is 46.6 Å². The lowest BCUT2D eigenvalue weighted by molar-refractivity contribution is -0.138. The lowest BCUT2D eigenvalue weighted by atomic mass is 9.75. The summed E-state index contributed by atoms with van der Waals surface area (Å²) >= 11 is 0. The number of benzene rings is 1. The zero-order chi connectivity index (χ0) is 18.7. The molecule has 2 fully saturated rings. The van der Waals surface area contributed by atoms with E-state index in [2.05, 4.69) is 45.0 Å². The van der Waals surface area contributed by atoms with Crippen molar-refractivity contribution in [3.63, 3.8) is 0 Å². The third kappa shape index (κ3) is 4.73. The maximum absolute atomic E-state index is 12.0. The fourth-order valence-corrected chi connectivity index (χ4v) is 4.38. The lowest BCUT2D eigenvalue weighted by Crippen LogP contribution is -2.39. The second-order valence-corrected chi connectivity index (χ2v) is 8.54. The molecule has 4 heteroatoms. The Balaban J connectivity index is 1.71. The molecule has 0 saturated carbocycles. The summed E-state index contributed by atoms with van der Waals surface area (Å²) in [4.78, 5) is 25.4. The maximum atomic E-state index is 12.0. The molecule has 2 aliphatic heterocycles. The normalized spacial score (nSPS) is 24.1. The minimum atomic E-state index is -0.0896. The van der Waals surface area contributed by atoms with E-state index in [9.17, 15) is 9.59 Å². The van der Waals surface area contributed by atoms with Crippen molar-refractivity contribution in [2.75, 3.05) is 13.2 Å². The number of ether oxygens (including phenoxy) is 1. The lowest BCUT2D eigenvalue weighted by Gasteiger charge is -2.39. The van der Waals surface area contributed by atoms with Crippen LogP contribution in [0.3, 0.4) is 0 Å². The van der Waals surface area contributed by atoms with Crippen LogP contribution in [-0.2, 0) is 20.7 Å². The van der Waals surface area contributed by atoms with E-state index in [1.807, 2.05) is 0 Å². The molecule has 2 atom stereocenters. The molecule has 0 unspecified atom stereocenters. The molecular weight excluding hydrogens is 326 g/mol. The molecule has 0 aliphatic carbocycles. The van der Waals surface area contributed by atoms with Gasteiger partial charge in [0.1, 0.15) is 0 Å². The second-order valence-electron chi connectivity index (χ2n) is 8.54. The van der Waals surface area contributed by atoms with Crippen molar-refractivity contribution in [1.82, 2.24) is 4.90 Å². The van der Waals surface area contributed by atoms with Crippen LogP contribution in [0.4, 0.5) is 0 Å². The Labute approximate surface area is 156 Å². The van der Waals surface area contributed by atoms with Gasteiger partial charge >= 0.3 is 0 Å². The Morgan fingerprint density at radius 2 is 1.81 bits per heavy atom. The molecule has 1 aromatic rings. The number of carbonyl (C=O) groups is 2. The Morgan fingerprint density at radius 1 is 1.15 bits per heavy atom. The average molecular weight is 357 g/mol. The molecule has 2 aliphatic rings. The highest BCUT2D eigenvalue weighted by molar-refractivity contribution is 6.01. The molecule has 0 bridgehead atoms. The minimum absolute atomic E-state index is 0.00334. The number of hydrogen-bond acceptors (Lipinski definition) is 3. The smallest absolute Gasteiger partial charge is 0.229 e. The van der Waals surface area contributed by atoms with Crippen LogP contribution in [0.1, 0.15) is 57.1 Å². The van der Waals surface area contributed by atoms with Crippen molar-refractivity contribution in [3.8, 4) is 0 Å². The number of carbonyl (C=O) groups excluding carboxylic acids is 2. The summed E-state index contributed by atoms with van der Waals surface area (Å²) in [5.41, 5.74) is 2.52. The van der Waals surface area contributed by atoms with Gasteiger partial charge in [0.05, 0.1) is 5.60 Å². The molecule has 0 radical (unpaired) electrons. The first kappa shape index (κ1) is 19.1. The number of likely N-dealkylation sites (tertiary alicyclic amines) is 1. The summed E-state index contributed by atoms with van der Waals surface area (Å²) in [5, 5.41) is 0. The SMILES string of the molecule is Cc1ccc(C[C@@H](CCN2C(=O)CCC2=O)[C@@H]2CCOC(C)(C)C2)cc1. The number of rotatable bonds is 6. The molecule has 3 rings (SSSR count). The Kier molecular flexibility index (Phi) is 5.81. The molecule has 2 heterocycles. The number of hydrogen-bond donors (Lipinski definition) is 0. The molecule has 0 aromatic heterocycles. The van der Waals surface area contributed by atoms with Crippen LogP contribution in [-0.4, -0.2) is 35.5 Å². The number of aryl methyl sites for hydroxylation is 1. The Morgan fingerprint density at radius 3 is 2.42 bits per heavy atom. The first-order chi connectivity index (χ1) is 12.3. The van der Waals surface area contributed by atoms with Crippen LogP contribution in [0, 0.1) is 18.8 Å². The van der Waals surface area contributed by atoms with E-state index >= 15 is 0 Å². The number of amides is 2. The molecule has 1 aromatic carbocycles. The highest BCUT2D eigenvalue weighted by atomic mass is 16.5. The predicted octanol–water partition coefficient (Wildman–Crippen LogP) is 3.90. The van der Waals surface area contributed by atoms with Gasteiger partial charge in [0.15, 0.2) is 0 Å². The molecule has 0 N–H and O–H groups in total. The summed E-state index contributed by atoms with van der Waals surface area (Å²) in [7, 11) is 0. The summed E-state index contributed by atoms with van der Waals surface area (Å²) < 4.78 is 5.91. The quantitative estimate of drug-likeness (QED) is 0.726. The zero-order valence-electron chi connectivity index (χ0n) is 16.3. The standard InChI is InChI=1S/C22H31NO3/c1-16-4-6-17(7-5-16)14-18(19-11-13-26-22(2,3)15-19)10-12-23-20(24)8-9-21(23)25/h4-7,18-19H,8-15H2,1-3H3/t18-,19-/m1/s1. The van der Waals surface area contributed by atoms with Crippen LogP contribution < -0.4 is 0 Å². The fraction of sp³-hybridized carbons (Fsp3) is 0.636. The van der Waals surface area contributed by atoms with Crippen molar-refractivity contribution < 1.29 is 14.3 Å². The zero-order valence-corrected chi connectivity index (χ0v) is 16.3. The molecule has 2 amide bonds. The minimum Gasteiger partial charge on any atom is -0.376 e. The van der Waals surface area contributed by atoms with Crippen LogP contribution in [0.2, 0.25) is 0 Å². The highest BCUT2D eigenvalue weighted by Gasteiger charge is 2.35. The first-order valence-corrected chi connectivity index (χ1v) is 9.87. The third-order valence-electron chi connectivity index (χ3n) is 5.90. The van der Waals surface area contributed by atoms with Gasteiger partial charge in [-0.3, -0.25) is 14.5 Å². The van der Waals surface area contributed by atoms with Crippen LogP contribution in [0.5, 0.6) is 0 Å². The van der Waals surface area contributed by atoms with Crippen LogP contribution in [0.25, 0.3) is 0 Å². The first-order valence-electron chi connectivity index (χ1n) is 9.87. The van der Waals surface area contributed by atoms with E-state index in [-0.39, 0.29) is 17.4 Å². The van der Waals surface area contributed by atoms with Gasteiger partial charge < -0.3 is 4.74 Å². The van der Waals surface area contributed by atoms with Gasteiger partial charge in [-0.25, -0.2) is 0 Å². The van der Waals surface area contributed by atoms with Gasteiger partial charge in [0.25, 0.3) is 0 Å². The van der Waals surface area contributed by atoms with Crippen molar-refractivity contribution in [1.29, 1.82) is 0 Å². The average Bonchev–Trinajstić information content (AvgIpc) is 2.91. The van der Waals surface area contributed by atoms with Crippen molar-refractivity contribution in [2.45, 2.75) is 64.9 Å². The number of imide groups is 1. The van der Waals surface area contributed by atoms with Crippen molar-refractivity contribution >= 4 is 11.8 Å². The van der Waals surface area contributed by atoms with Crippen LogP contribution in [0.15, 0.2) is 24.3 Å². The predicted molar refractivity (Wildman–Crippen MR) is 102 cm³/mol. The molecular formula is C22H31NO3. The Bertz CT molecular complexity index is 634. The molecule has 2 saturated heterocycles. The monoisotopic (exact) mass is 357 g/mol. The second kappa shape index (κ2) is 7.91. The Hall–Kier alpha value is -1.68. The van der Waals surface area contributed by atoms with E-state index in [1.165, 1.54) is 16.0 Å². The van der Waals surface area contributed by atoms with Gasteiger partial charge in [-0.2, -0.15) is 0 Å². The summed E-state index contributed by atoms with van der Waals surface area (Å²) in [6, 6.07) is 8.74. The van der Waals surface area contributed by atoms with Gasteiger partial charge in [-0.1, -0.05) is 29.8 Å². The van der Waals surface area contributed by atoms with Gasteiger partial charge in [0.2, 0.25) is 11.8 Å². The van der Waals surface area contributed by atoms with Gasteiger partial charge in [-0.15, -0.1) is 0 Å². The summed E-state index contributed by atoms with van der Waals surface area (Å²) in [5.74, 6) is 1.02. The van der Waals surface area contributed by atoms with Crippen molar-refractivity contribution in [2.24, 2.45) is 11.8 Å². The molecule has 4 nitrogen and oxygen atoms in total. The third-order valence-corrected chi connectivity index (χ3v) is 5.90. The molecule has 142 valence electrons. The van der Waals surface area contributed by atoms with Crippen LogP contribution >= 0.6 is 0 Å². The summed E-state index contributed by atoms with van der Waals surface area (Å²) in [6.45, 7) is 7.79. The molecule has 0 spiro atoms. The number of nitrogens with zero attached hydrogens (tertiary/aromatic N) is 1. The van der Waals surface area contributed by atoms with E-state index in [0.717, 1.165) is 32.3 Å².